The Bertz CT molecular complexity index is 1360. The molecule has 3 aromatic rings. The SMILES string of the molecule is O=C1C(=O)N(c2ccc(C(F)(F)F)cc2)C(c2ccc(O)cc2)/C1=C(/O)c1ccc2c(c1)CCO2. The van der Waals surface area contributed by atoms with Crippen LogP contribution in [0.2, 0.25) is 0 Å². The number of hydrogen-bond acceptors (Lipinski definition) is 5. The first kappa shape index (κ1) is 22.5. The number of fused-ring (bicyclic) bond motifs is 1. The van der Waals surface area contributed by atoms with Crippen LogP contribution >= 0.6 is 0 Å². The monoisotopic (exact) mass is 481 g/mol. The minimum atomic E-state index is -4.57. The standard InChI is InChI=1S/C26H18F3NO5/c27-26(28,29)17-4-6-18(7-5-17)30-22(14-1-8-19(31)9-2-14)21(24(33)25(30)34)23(32)16-3-10-20-15(13-16)11-12-35-20/h1-10,13,22,31-32H,11-12H2/b23-21-. The van der Waals surface area contributed by atoms with Crippen LogP contribution in [0, 0.1) is 0 Å². The van der Waals surface area contributed by atoms with Crippen LogP contribution < -0.4 is 9.64 Å². The molecule has 2 N–H and O–H groups in total. The second-order valence-electron chi connectivity index (χ2n) is 8.23. The molecule has 2 heterocycles. The number of anilines is 1. The molecule has 0 radical (unpaired) electrons. The van der Waals surface area contributed by atoms with Crippen molar-refractivity contribution in [3.8, 4) is 11.5 Å². The summed E-state index contributed by atoms with van der Waals surface area (Å²) in [4.78, 5) is 27.3. The van der Waals surface area contributed by atoms with Crippen LogP contribution in [-0.2, 0) is 22.2 Å². The van der Waals surface area contributed by atoms with Crippen LogP contribution in [0.5, 0.6) is 11.5 Å². The number of alkyl halides is 3. The molecule has 35 heavy (non-hydrogen) atoms. The molecule has 5 rings (SSSR count). The zero-order valence-corrected chi connectivity index (χ0v) is 18.0. The lowest BCUT2D eigenvalue weighted by molar-refractivity contribution is -0.137. The van der Waals surface area contributed by atoms with Crippen molar-refractivity contribution in [2.75, 3.05) is 11.5 Å². The maximum Gasteiger partial charge on any atom is 0.416 e. The summed E-state index contributed by atoms with van der Waals surface area (Å²) in [5, 5.41) is 20.9. The Balaban J connectivity index is 1.66. The fourth-order valence-corrected chi connectivity index (χ4v) is 4.37. The van der Waals surface area contributed by atoms with E-state index in [4.69, 9.17) is 4.74 Å². The summed E-state index contributed by atoms with van der Waals surface area (Å²) >= 11 is 0. The molecule has 1 fully saturated rings. The van der Waals surface area contributed by atoms with E-state index in [-0.39, 0.29) is 17.0 Å². The number of aliphatic hydroxyl groups excluding tert-OH is 1. The average molecular weight is 481 g/mol. The van der Waals surface area contributed by atoms with Crippen molar-refractivity contribution in [3.05, 3.63) is 94.6 Å². The average Bonchev–Trinajstić information content (AvgIpc) is 3.41. The number of phenolic OH excluding ortho intramolecular Hbond substituents is 1. The highest BCUT2D eigenvalue weighted by atomic mass is 19.4. The molecule has 2 aliphatic heterocycles. The third-order valence-electron chi connectivity index (χ3n) is 6.09. The maximum atomic E-state index is 13.2. The summed E-state index contributed by atoms with van der Waals surface area (Å²) in [6, 6.07) is 13.3. The number of hydrogen-bond donors (Lipinski definition) is 2. The molecular weight excluding hydrogens is 463 g/mol. The van der Waals surface area contributed by atoms with Gasteiger partial charge in [0.2, 0.25) is 0 Å². The Hall–Kier alpha value is -4.27. The fourth-order valence-electron chi connectivity index (χ4n) is 4.37. The van der Waals surface area contributed by atoms with Crippen molar-refractivity contribution >= 4 is 23.1 Å². The van der Waals surface area contributed by atoms with Crippen LogP contribution in [0.15, 0.2) is 72.3 Å². The van der Waals surface area contributed by atoms with E-state index in [0.717, 1.165) is 34.7 Å². The van der Waals surface area contributed by atoms with E-state index in [0.29, 0.717) is 29.9 Å². The van der Waals surface area contributed by atoms with E-state index in [1.807, 2.05) is 0 Å². The van der Waals surface area contributed by atoms with Crippen molar-refractivity contribution in [2.24, 2.45) is 0 Å². The molecule has 0 spiro atoms. The lowest BCUT2D eigenvalue weighted by atomic mass is 9.94. The van der Waals surface area contributed by atoms with Crippen LogP contribution in [0.1, 0.15) is 28.3 Å². The Morgan fingerprint density at radius 3 is 2.31 bits per heavy atom. The molecular formula is C26H18F3NO5. The fraction of sp³-hybridized carbons (Fsp3) is 0.154. The zero-order valence-electron chi connectivity index (χ0n) is 18.0. The number of aliphatic hydroxyl groups is 1. The van der Waals surface area contributed by atoms with Gasteiger partial charge in [-0.25, -0.2) is 0 Å². The van der Waals surface area contributed by atoms with Gasteiger partial charge in [-0.15, -0.1) is 0 Å². The van der Waals surface area contributed by atoms with Gasteiger partial charge in [0.05, 0.1) is 23.8 Å². The van der Waals surface area contributed by atoms with E-state index in [1.54, 1.807) is 18.2 Å². The highest BCUT2D eigenvalue weighted by Crippen LogP contribution is 2.43. The maximum absolute atomic E-state index is 13.2. The molecule has 6 nitrogen and oxygen atoms in total. The summed E-state index contributed by atoms with van der Waals surface area (Å²) in [6.07, 6.45) is -3.95. The molecule has 9 heteroatoms. The topological polar surface area (TPSA) is 87.1 Å². The predicted molar refractivity (Wildman–Crippen MR) is 120 cm³/mol. The van der Waals surface area contributed by atoms with E-state index < -0.39 is 35.2 Å². The minimum Gasteiger partial charge on any atom is -0.508 e. The predicted octanol–water partition coefficient (Wildman–Crippen LogP) is 4.97. The molecule has 0 aliphatic carbocycles. The Labute approximate surface area is 197 Å². The summed E-state index contributed by atoms with van der Waals surface area (Å²) < 4.78 is 44.6. The van der Waals surface area contributed by atoms with Gasteiger partial charge in [0, 0.05) is 17.7 Å². The number of ketones is 1. The highest BCUT2D eigenvalue weighted by Gasteiger charge is 2.47. The number of ether oxygens (including phenoxy) is 1. The van der Waals surface area contributed by atoms with Gasteiger partial charge >= 0.3 is 6.18 Å². The van der Waals surface area contributed by atoms with Gasteiger partial charge in [-0.3, -0.25) is 14.5 Å². The Morgan fingerprint density at radius 2 is 1.66 bits per heavy atom. The second kappa shape index (κ2) is 8.19. The van der Waals surface area contributed by atoms with E-state index in [1.165, 1.54) is 24.3 Å². The number of aromatic hydroxyl groups is 1. The molecule has 178 valence electrons. The number of phenols is 1. The van der Waals surface area contributed by atoms with Gasteiger partial charge in [-0.05, 0) is 65.7 Å². The summed E-state index contributed by atoms with van der Waals surface area (Å²) in [6.45, 7) is 0.491. The summed E-state index contributed by atoms with van der Waals surface area (Å²) in [5.41, 5.74) is 0.474. The number of Topliss-reactive ketones (excluding diaryl/α,β-unsaturated/α-hetero) is 1. The number of benzene rings is 3. The number of carbonyl (C=O) groups excluding carboxylic acids is 2. The lowest BCUT2D eigenvalue weighted by Gasteiger charge is -2.25. The molecule has 0 aromatic heterocycles. The minimum absolute atomic E-state index is 0.0552. The molecule has 1 unspecified atom stereocenters. The summed E-state index contributed by atoms with van der Waals surface area (Å²) in [5.74, 6) is -1.77. The van der Waals surface area contributed by atoms with Gasteiger partial charge < -0.3 is 14.9 Å². The lowest BCUT2D eigenvalue weighted by Crippen LogP contribution is -2.29. The molecule has 0 bridgehead atoms. The number of halogens is 3. The zero-order chi connectivity index (χ0) is 24.9. The van der Waals surface area contributed by atoms with Crippen LogP contribution in [0.4, 0.5) is 18.9 Å². The van der Waals surface area contributed by atoms with Gasteiger partial charge in [-0.1, -0.05) is 12.1 Å². The first-order chi connectivity index (χ1) is 16.6. The van der Waals surface area contributed by atoms with Crippen LogP contribution in [-0.4, -0.2) is 28.5 Å². The third kappa shape index (κ3) is 3.88. The molecule has 1 saturated heterocycles. The molecule has 2 aliphatic rings. The first-order valence-electron chi connectivity index (χ1n) is 10.7. The third-order valence-corrected chi connectivity index (χ3v) is 6.09. The highest BCUT2D eigenvalue weighted by molar-refractivity contribution is 6.51. The summed E-state index contributed by atoms with van der Waals surface area (Å²) in [7, 11) is 0. The number of nitrogens with zero attached hydrogens (tertiary/aromatic N) is 1. The Kier molecular flexibility index (Phi) is 5.27. The normalized spacial score (nSPS) is 19.1. The molecule has 3 aromatic carbocycles. The first-order valence-corrected chi connectivity index (χ1v) is 10.7. The van der Waals surface area contributed by atoms with E-state index in [2.05, 4.69) is 0 Å². The Morgan fingerprint density at radius 1 is 0.971 bits per heavy atom. The van der Waals surface area contributed by atoms with Crippen LogP contribution in [0.25, 0.3) is 5.76 Å². The van der Waals surface area contributed by atoms with Crippen molar-refractivity contribution < 1.29 is 37.7 Å². The number of amides is 1. The van der Waals surface area contributed by atoms with Crippen molar-refractivity contribution in [2.45, 2.75) is 18.6 Å². The second-order valence-corrected chi connectivity index (χ2v) is 8.23. The quantitative estimate of drug-likeness (QED) is 0.313. The van der Waals surface area contributed by atoms with Crippen molar-refractivity contribution in [3.63, 3.8) is 0 Å². The van der Waals surface area contributed by atoms with Gasteiger partial charge in [0.1, 0.15) is 17.3 Å². The van der Waals surface area contributed by atoms with Crippen LogP contribution in [0.3, 0.4) is 0 Å². The largest absolute Gasteiger partial charge is 0.508 e. The van der Waals surface area contributed by atoms with Gasteiger partial charge in [0.15, 0.2) is 0 Å². The van der Waals surface area contributed by atoms with E-state index in [9.17, 15) is 33.0 Å². The van der Waals surface area contributed by atoms with Crippen molar-refractivity contribution in [1.29, 1.82) is 0 Å². The smallest absolute Gasteiger partial charge is 0.416 e. The van der Waals surface area contributed by atoms with Gasteiger partial charge in [-0.2, -0.15) is 13.2 Å². The molecule has 0 saturated carbocycles. The van der Waals surface area contributed by atoms with E-state index >= 15 is 0 Å². The number of carbonyl (C=O) groups is 2. The molecule has 1 amide bonds. The van der Waals surface area contributed by atoms with Crippen molar-refractivity contribution in [1.82, 2.24) is 0 Å². The van der Waals surface area contributed by atoms with Gasteiger partial charge in [0.25, 0.3) is 11.7 Å². The number of rotatable bonds is 3. The molecule has 1 atom stereocenters.